The predicted octanol–water partition coefficient (Wildman–Crippen LogP) is 2.22. The van der Waals surface area contributed by atoms with Gasteiger partial charge >= 0.3 is 6.03 Å². The molecular formula is C22H28N3O3+. The first-order valence-electron chi connectivity index (χ1n) is 10.0. The van der Waals surface area contributed by atoms with Gasteiger partial charge in [-0.25, -0.2) is 4.79 Å². The quantitative estimate of drug-likeness (QED) is 0.853. The molecule has 0 atom stereocenters. The van der Waals surface area contributed by atoms with Crippen molar-refractivity contribution in [1.29, 1.82) is 0 Å². The van der Waals surface area contributed by atoms with Crippen LogP contribution in [0, 0.1) is 6.92 Å². The number of rotatable bonds is 4. The highest BCUT2D eigenvalue weighted by Gasteiger charge is 2.25. The number of hydrogen-bond acceptors (Lipinski definition) is 3. The summed E-state index contributed by atoms with van der Waals surface area (Å²) in [5.41, 5.74) is 4.50. The number of carbonyl (C=O) groups excluding carboxylic acids is 1. The second kappa shape index (κ2) is 8.10. The van der Waals surface area contributed by atoms with Gasteiger partial charge in [0.15, 0.2) is 11.5 Å². The zero-order valence-electron chi connectivity index (χ0n) is 16.6. The van der Waals surface area contributed by atoms with E-state index in [-0.39, 0.29) is 6.03 Å². The molecule has 148 valence electrons. The molecule has 0 bridgehead atoms. The molecule has 0 spiro atoms. The number of carbonyl (C=O) groups is 1. The van der Waals surface area contributed by atoms with Crippen LogP contribution in [0.5, 0.6) is 11.5 Å². The Morgan fingerprint density at radius 3 is 2.71 bits per heavy atom. The SMILES string of the molecule is CCc1cccc(C)c1NC(=O)N1CC[NH+](Cc2ccc3c(c2)OCO3)CC1. The van der Waals surface area contributed by atoms with E-state index in [1.807, 2.05) is 30.0 Å². The van der Waals surface area contributed by atoms with Gasteiger partial charge in [-0.15, -0.1) is 0 Å². The number of nitrogens with one attached hydrogen (secondary N) is 2. The highest BCUT2D eigenvalue weighted by Crippen LogP contribution is 2.32. The maximum absolute atomic E-state index is 12.8. The molecule has 0 aliphatic carbocycles. The van der Waals surface area contributed by atoms with E-state index in [2.05, 4.69) is 30.4 Å². The number of aryl methyl sites for hydroxylation is 2. The molecule has 1 saturated heterocycles. The Kier molecular flexibility index (Phi) is 5.39. The first-order chi connectivity index (χ1) is 13.6. The summed E-state index contributed by atoms with van der Waals surface area (Å²) in [5, 5.41) is 3.14. The molecule has 2 heterocycles. The third-order valence-electron chi connectivity index (χ3n) is 5.62. The molecule has 6 heteroatoms. The molecule has 4 rings (SSSR count). The van der Waals surface area contributed by atoms with Crippen molar-refractivity contribution < 1.29 is 19.2 Å². The third-order valence-corrected chi connectivity index (χ3v) is 5.62. The van der Waals surface area contributed by atoms with Crippen molar-refractivity contribution in [3.63, 3.8) is 0 Å². The summed E-state index contributed by atoms with van der Waals surface area (Å²) in [7, 11) is 0. The highest BCUT2D eigenvalue weighted by molar-refractivity contribution is 5.91. The van der Waals surface area contributed by atoms with Crippen LogP contribution in [0.15, 0.2) is 36.4 Å². The largest absolute Gasteiger partial charge is 0.454 e. The second-order valence-electron chi connectivity index (χ2n) is 7.49. The minimum absolute atomic E-state index is 0.00568. The van der Waals surface area contributed by atoms with E-state index < -0.39 is 0 Å². The minimum atomic E-state index is 0.00568. The van der Waals surface area contributed by atoms with E-state index in [0.717, 1.165) is 61.9 Å². The Balaban J connectivity index is 1.32. The van der Waals surface area contributed by atoms with Crippen molar-refractivity contribution in [1.82, 2.24) is 4.90 Å². The van der Waals surface area contributed by atoms with Gasteiger partial charge in [0, 0.05) is 11.3 Å². The fourth-order valence-corrected chi connectivity index (χ4v) is 3.93. The van der Waals surface area contributed by atoms with Crippen molar-refractivity contribution >= 4 is 11.7 Å². The van der Waals surface area contributed by atoms with Crippen molar-refractivity contribution in [2.45, 2.75) is 26.8 Å². The Morgan fingerprint density at radius 2 is 1.93 bits per heavy atom. The summed E-state index contributed by atoms with van der Waals surface area (Å²) in [6.45, 7) is 8.81. The third kappa shape index (κ3) is 3.92. The summed E-state index contributed by atoms with van der Waals surface area (Å²) in [6.07, 6.45) is 0.907. The van der Waals surface area contributed by atoms with Crippen molar-refractivity contribution in [3.05, 3.63) is 53.1 Å². The number of anilines is 1. The molecule has 0 unspecified atom stereocenters. The van der Waals surface area contributed by atoms with Crippen LogP contribution in [0.25, 0.3) is 0 Å². The van der Waals surface area contributed by atoms with Gasteiger partial charge < -0.3 is 24.6 Å². The zero-order valence-corrected chi connectivity index (χ0v) is 16.6. The van der Waals surface area contributed by atoms with Crippen LogP contribution in [-0.2, 0) is 13.0 Å². The Labute approximate surface area is 166 Å². The van der Waals surface area contributed by atoms with Crippen LogP contribution in [0.3, 0.4) is 0 Å². The number of hydrogen-bond donors (Lipinski definition) is 2. The van der Waals surface area contributed by atoms with Gasteiger partial charge in [0.2, 0.25) is 6.79 Å². The number of fused-ring (bicyclic) bond motifs is 1. The lowest BCUT2D eigenvalue weighted by Gasteiger charge is -2.32. The number of benzene rings is 2. The van der Waals surface area contributed by atoms with Crippen LogP contribution < -0.4 is 19.7 Å². The van der Waals surface area contributed by atoms with Gasteiger partial charge in [0.25, 0.3) is 0 Å². The number of amides is 2. The predicted molar refractivity (Wildman–Crippen MR) is 108 cm³/mol. The number of ether oxygens (including phenoxy) is 2. The number of piperazine rings is 1. The van der Waals surface area contributed by atoms with Crippen LogP contribution in [0.4, 0.5) is 10.5 Å². The van der Waals surface area contributed by atoms with Gasteiger partial charge in [-0.3, -0.25) is 0 Å². The topological polar surface area (TPSA) is 55.2 Å². The van der Waals surface area contributed by atoms with Crippen molar-refractivity contribution in [3.8, 4) is 11.5 Å². The number of nitrogens with zero attached hydrogens (tertiary/aromatic N) is 1. The summed E-state index contributed by atoms with van der Waals surface area (Å²) in [4.78, 5) is 16.2. The monoisotopic (exact) mass is 382 g/mol. The van der Waals surface area contributed by atoms with E-state index in [1.54, 1.807) is 0 Å². The van der Waals surface area contributed by atoms with E-state index in [9.17, 15) is 4.79 Å². The molecule has 2 aromatic carbocycles. The van der Waals surface area contributed by atoms with E-state index in [1.165, 1.54) is 16.0 Å². The Bertz CT molecular complexity index is 860. The number of urea groups is 1. The summed E-state index contributed by atoms with van der Waals surface area (Å²) in [5.74, 6) is 1.66. The smallest absolute Gasteiger partial charge is 0.322 e. The van der Waals surface area contributed by atoms with Crippen molar-refractivity contribution in [2.24, 2.45) is 0 Å². The first-order valence-corrected chi connectivity index (χ1v) is 10.0. The molecule has 2 aliphatic heterocycles. The molecule has 2 aliphatic rings. The average Bonchev–Trinajstić information content (AvgIpc) is 3.18. The van der Waals surface area contributed by atoms with Crippen LogP contribution >= 0.6 is 0 Å². The molecule has 6 nitrogen and oxygen atoms in total. The van der Waals surface area contributed by atoms with Gasteiger partial charge in [-0.1, -0.05) is 25.1 Å². The Hall–Kier alpha value is -2.73. The zero-order chi connectivity index (χ0) is 19.5. The van der Waals surface area contributed by atoms with Gasteiger partial charge in [-0.05, 0) is 42.7 Å². The highest BCUT2D eigenvalue weighted by atomic mass is 16.7. The lowest BCUT2D eigenvalue weighted by molar-refractivity contribution is -0.917. The molecule has 28 heavy (non-hydrogen) atoms. The van der Waals surface area contributed by atoms with E-state index in [0.29, 0.717) is 6.79 Å². The lowest BCUT2D eigenvalue weighted by atomic mass is 10.1. The molecule has 2 N–H and O–H groups in total. The minimum Gasteiger partial charge on any atom is -0.454 e. The van der Waals surface area contributed by atoms with Crippen LogP contribution in [0.1, 0.15) is 23.6 Å². The molecule has 2 aromatic rings. The average molecular weight is 382 g/mol. The standard InChI is InChI=1S/C22H27N3O3/c1-3-18-6-4-5-16(2)21(18)23-22(26)25-11-9-24(10-12-25)14-17-7-8-19-20(13-17)28-15-27-19/h4-8,13H,3,9-12,14-15H2,1-2H3,(H,23,26)/p+1. The normalized spacial score (nSPS) is 16.3. The fourth-order valence-electron chi connectivity index (χ4n) is 3.93. The van der Waals surface area contributed by atoms with Gasteiger partial charge in [0.05, 0.1) is 26.2 Å². The summed E-state index contributed by atoms with van der Waals surface area (Å²) in [6, 6.07) is 12.3. The molecule has 2 amide bonds. The molecule has 0 saturated carbocycles. The molecule has 1 fully saturated rings. The lowest BCUT2D eigenvalue weighted by Crippen LogP contribution is -3.13. The molecule has 0 aromatic heterocycles. The second-order valence-corrected chi connectivity index (χ2v) is 7.49. The Morgan fingerprint density at radius 1 is 1.14 bits per heavy atom. The molecule has 0 radical (unpaired) electrons. The number of para-hydroxylation sites is 1. The maximum Gasteiger partial charge on any atom is 0.322 e. The van der Waals surface area contributed by atoms with E-state index >= 15 is 0 Å². The fraction of sp³-hybridized carbons (Fsp3) is 0.409. The summed E-state index contributed by atoms with van der Waals surface area (Å²) < 4.78 is 10.8. The van der Waals surface area contributed by atoms with Crippen molar-refractivity contribution in [2.75, 3.05) is 38.3 Å². The van der Waals surface area contributed by atoms with Gasteiger partial charge in [0.1, 0.15) is 6.54 Å². The van der Waals surface area contributed by atoms with Crippen LogP contribution in [0.2, 0.25) is 0 Å². The van der Waals surface area contributed by atoms with Gasteiger partial charge in [-0.2, -0.15) is 0 Å². The number of quaternary nitrogens is 1. The first kappa shape index (κ1) is 18.6. The van der Waals surface area contributed by atoms with E-state index in [4.69, 9.17) is 9.47 Å². The summed E-state index contributed by atoms with van der Waals surface area (Å²) >= 11 is 0. The maximum atomic E-state index is 12.8. The molecular weight excluding hydrogens is 354 g/mol. The van der Waals surface area contributed by atoms with Crippen LogP contribution in [-0.4, -0.2) is 43.9 Å².